The maximum atomic E-state index is 11.9. The van der Waals surface area contributed by atoms with E-state index in [1.807, 2.05) is 25.1 Å². The molecule has 1 aromatic heterocycles. The average molecular weight is 334 g/mol. The molecule has 0 radical (unpaired) electrons. The minimum atomic E-state index is -0.0315. The highest BCUT2D eigenvalue weighted by Gasteiger charge is 2.06. The Bertz CT molecular complexity index is 611. The van der Waals surface area contributed by atoms with Gasteiger partial charge in [0, 0.05) is 10.9 Å². The molecule has 2 aromatic rings. The van der Waals surface area contributed by atoms with E-state index in [1.165, 1.54) is 11.1 Å². The number of carbonyl (C=O) groups excluding carboxylic acids is 1. The fraction of sp³-hybridized carbons (Fsp3) is 0.200. The number of nitrogen functional groups attached to an aromatic ring is 1. The Kier molecular flexibility index (Phi) is 4.74. The summed E-state index contributed by atoms with van der Waals surface area (Å²) < 4.78 is 1.03. The minimum absolute atomic E-state index is 0.0315. The van der Waals surface area contributed by atoms with Gasteiger partial charge in [-0.3, -0.25) is 4.79 Å². The number of hydrogen-bond acceptors (Lipinski definition) is 3. The van der Waals surface area contributed by atoms with Crippen LogP contribution < -0.4 is 11.1 Å². The summed E-state index contributed by atoms with van der Waals surface area (Å²) in [6.45, 7) is 2.05. The normalized spacial score (nSPS) is 10.3. The number of nitrogens with one attached hydrogen (secondary N) is 1. The molecular weight excluding hydrogens is 318 g/mol. The van der Waals surface area contributed by atoms with Crippen LogP contribution in [0.5, 0.6) is 0 Å². The van der Waals surface area contributed by atoms with Crippen molar-refractivity contribution in [2.75, 3.05) is 11.1 Å². The van der Waals surface area contributed by atoms with Crippen LogP contribution in [-0.4, -0.2) is 10.9 Å². The van der Waals surface area contributed by atoms with Crippen molar-refractivity contribution < 1.29 is 4.79 Å². The molecule has 2 rings (SSSR count). The first-order valence-corrected chi connectivity index (χ1v) is 7.10. The number of aryl methyl sites for hydroxylation is 2. The molecule has 1 aromatic carbocycles. The van der Waals surface area contributed by atoms with Gasteiger partial charge in [0.25, 0.3) is 0 Å². The SMILES string of the molecule is Cc1ccc(Br)cc1CCC(=O)Nc1ccc(N)nc1. The lowest BCUT2D eigenvalue weighted by atomic mass is 10.0. The fourth-order valence-corrected chi connectivity index (χ4v) is 2.27. The van der Waals surface area contributed by atoms with Gasteiger partial charge in [-0.05, 0) is 48.7 Å². The topological polar surface area (TPSA) is 68.0 Å². The predicted octanol–water partition coefficient (Wildman–Crippen LogP) is 3.31. The van der Waals surface area contributed by atoms with E-state index in [0.29, 0.717) is 24.3 Å². The molecule has 0 unspecified atom stereocenters. The van der Waals surface area contributed by atoms with E-state index < -0.39 is 0 Å². The summed E-state index contributed by atoms with van der Waals surface area (Å²) >= 11 is 3.44. The molecule has 0 bridgehead atoms. The number of nitrogens with zero attached hydrogens (tertiary/aromatic N) is 1. The van der Waals surface area contributed by atoms with Crippen molar-refractivity contribution in [2.45, 2.75) is 19.8 Å². The zero-order valence-corrected chi connectivity index (χ0v) is 12.8. The van der Waals surface area contributed by atoms with Crippen molar-refractivity contribution in [3.8, 4) is 0 Å². The van der Waals surface area contributed by atoms with Crippen LogP contribution in [-0.2, 0) is 11.2 Å². The van der Waals surface area contributed by atoms with Crippen molar-refractivity contribution >= 4 is 33.3 Å². The van der Waals surface area contributed by atoms with Crippen LogP contribution in [0.3, 0.4) is 0 Å². The first-order chi connectivity index (χ1) is 9.54. The van der Waals surface area contributed by atoms with Crippen LogP contribution in [0.2, 0.25) is 0 Å². The molecular formula is C15H16BrN3O. The van der Waals surface area contributed by atoms with Gasteiger partial charge in [-0.25, -0.2) is 4.98 Å². The summed E-state index contributed by atoms with van der Waals surface area (Å²) in [7, 11) is 0. The van der Waals surface area contributed by atoms with Crippen LogP contribution in [0.15, 0.2) is 41.0 Å². The molecule has 0 aliphatic rings. The lowest BCUT2D eigenvalue weighted by molar-refractivity contribution is -0.116. The molecule has 1 amide bonds. The zero-order chi connectivity index (χ0) is 14.5. The van der Waals surface area contributed by atoms with Gasteiger partial charge in [0.1, 0.15) is 5.82 Å². The van der Waals surface area contributed by atoms with Crippen LogP contribution in [0.25, 0.3) is 0 Å². The molecule has 0 aliphatic carbocycles. The molecule has 0 saturated heterocycles. The molecule has 0 saturated carbocycles. The molecule has 1 heterocycles. The third-order valence-corrected chi connectivity index (χ3v) is 3.50. The fourth-order valence-electron chi connectivity index (χ4n) is 1.86. The molecule has 0 spiro atoms. The van der Waals surface area contributed by atoms with Crippen molar-refractivity contribution in [1.82, 2.24) is 4.98 Å². The standard InChI is InChI=1S/C15H16BrN3O/c1-10-2-4-12(16)8-11(10)3-7-15(20)19-13-5-6-14(17)18-9-13/h2,4-6,8-9H,3,7H2,1H3,(H2,17,18)(H,19,20). The number of anilines is 2. The number of carbonyl (C=O) groups is 1. The summed E-state index contributed by atoms with van der Waals surface area (Å²) in [4.78, 5) is 15.8. The maximum absolute atomic E-state index is 11.9. The second kappa shape index (κ2) is 6.52. The first kappa shape index (κ1) is 14.5. The summed E-state index contributed by atoms with van der Waals surface area (Å²) in [6, 6.07) is 9.49. The third-order valence-electron chi connectivity index (χ3n) is 3.00. The number of nitrogens with two attached hydrogens (primary N) is 1. The Morgan fingerprint density at radius 2 is 2.15 bits per heavy atom. The van der Waals surface area contributed by atoms with E-state index in [9.17, 15) is 4.79 Å². The summed E-state index contributed by atoms with van der Waals surface area (Å²) in [6.07, 6.45) is 2.69. The van der Waals surface area contributed by atoms with E-state index in [0.717, 1.165) is 4.47 Å². The molecule has 0 aliphatic heterocycles. The van der Waals surface area contributed by atoms with Crippen molar-refractivity contribution in [3.63, 3.8) is 0 Å². The Hall–Kier alpha value is -1.88. The van der Waals surface area contributed by atoms with Crippen molar-refractivity contribution in [3.05, 3.63) is 52.1 Å². The van der Waals surface area contributed by atoms with Crippen molar-refractivity contribution in [1.29, 1.82) is 0 Å². The van der Waals surface area contributed by atoms with Crippen molar-refractivity contribution in [2.24, 2.45) is 0 Å². The Morgan fingerprint density at radius 1 is 1.35 bits per heavy atom. The zero-order valence-electron chi connectivity index (χ0n) is 11.2. The lowest BCUT2D eigenvalue weighted by Gasteiger charge is -2.07. The predicted molar refractivity (Wildman–Crippen MR) is 84.5 cm³/mol. The summed E-state index contributed by atoms with van der Waals surface area (Å²) in [5, 5.41) is 2.80. The van der Waals surface area contributed by atoms with Crippen LogP contribution >= 0.6 is 15.9 Å². The molecule has 104 valence electrons. The van der Waals surface area contributed by atoms with E-state index in [1.54, 1.807) is 18.3 Å². The van der Waals surface area contributed by atoms with E-state index in [-0.39, 0.29) is 5.91 Å². The minimum Gasteiger partial charge on any atom is -0.384 e. The second-order valence-electron chi connectivity index (χ2n) is 4.59. The highest BCUT2D eigenvalue weighted by atomic mass is 79.9. The first-order valence-electron chi connectivity index (χ1n) is 6.31. The largest absolute Gasteiger partial charge is 0.384 e. The highest BCUT2D eigenvalue weighted by molar-refractivity contribution is 9.10. The quantitative estimate of drug-likeness (QED) is 0.901. The number of aromatic nitrogens is 1. The lowest BCUT2D eigenvalue weighted by Crippen LogP contribution is -2.12. The number of benzene rings is 1. The number of amides is 1. The molecule has 0 fully saturated rings. The van der Waals surface area contributed by atoms with Crippen LogP contribution in [0.4, 0.5) is 11.5 Å². The monoisotopic (exact) mass is 333 g/mol. The number of rotatable bonds is 4. The molecule has 3 N–H and O–H groups in total. The molecule has 5 heteroatoms. The number of pyridine rings is 1. The number of halogens is 1. The van der Waals surface area contributed by atoms with Gasteiger partial charge >= 0.3 is 0 Å². The Morgan fingerprint density at radius 3 is 2.85 bits per heavy atom. The van der Waals surface area contributed by atoms with Gasteiger partial charge in [0.05, 0.1) is 11.9 Å². The second-order valence-corrected chi connectivity index (χ2v) is 5.51. The smallest absolute Gasteiger partial charge is 0.224 e. The van der Waals surface area contributed by atoms with Gasteiger partial charge in [-0.2, -0.15) is 0 Å². The highest BCUT2D eigenvalue weighted by Crippen LogP contribution is 2.17. The number of hydrogen-bond donors (Lipinski definition) is 2. The maximum Gasteiger partial charge on any atom is 0.224 e. The molecule has 20 heavy (non-hydrogen) atoms. The van der Waals surface area contributed by atoms with Gasteiger partial charge in [0.2, 0.25) is 5.91 Å². The van der Waals surface area contributed by atoms with E-state index >= 15 is 0 Å². The molecule has 0 atom stereocenters. The molecule has 4 nitrogen and oxygen atoms in total. The third kappa shape index (κ3) is 4.06. The van der Waals surface area contributed by atoms with E-state index in [4.69, 9.17) is 5.73 Å². The summed E-state index contributed by atoms with van der Waals surface area (Å²) in [5.74, 6) is 0.406. The summed E-state index contributed by atoms with van der Waals surface area (Å²) in [5.41, 5.74) is 8.52. The van der Waals surface area contributed by atoms with Crippen LogP contribution in [0, 0.1) is 6.92 Å². The van der Waals surface area contributed by atoms with Crippen LogP contribution in [0.1, 0.15) is 17.5 Å². The Balaban J connectivity index is 1.92. The van der Waals surface area contributed by atoms with Gasteiger partial charge in [-0.1, -0.05) is 22.0 Å². The van der Waals surface area contributed by atoms with E-state index in [2.05, 4.69) is 26.2 Å². The average Bonchev–Trinajstić information content (AvgIpc) is 2.42. The Labute approximate surface area is 126 Å². The van der Waals surface area contributed by atoms with Gasteiger partial charge in [-0.15, -0.1) is 0 Å². The van der Waals surface area contributed by atoms with Gasteiger partial charge in [0.15, 0.2) is 0 Å². The van der Waals surface area contributed by atoms with Gasteiger partial charge < -0.3 is 11.1 Å².